The van der Waals surface area contributed by atoms with Crippen molar-refractivity contribution in [3.63, 3.8) is 0 Å². The molecule has 0 bridgehead atoms. The summed E-state index contributed by atoms with van der Waals surface area (Å²) in [5.41, 5.74) is 7.56. The first-order valence-electron chi connectivity index (χ1n) is 6.68. The number of nitrogens with two attached hydrogens (primary N) is 1. The molecule has 19 heavy (non-hydrogen) atoms. The van der Waals surface area contributed by atoms with Crippen molar-refractivity contribution in [1.29, 1.82) is 0 Å². The van der Waals surface area contributed by atoms with Crippen molar-refractivity contribution >= 4 is 23.4 Å². The van der Waals surface area contributed by atoms with E-state index in [0.29, 0.717) is 11.7 Å². The van der Waals surface area contributed by atoms with Crippen LogP contribution >= 0.6 is 11.8 Å². The van der Waals surface area contributed by atoms with Crippen LogP contribution in [0.5, 0.6) is 0 Å². The summed E-state index contributed by atoms with van der Waals surface area (Å²) < 4.78 is 0. The number of carbonyl (C=O) groups is 1. The molecule has 3 N–H and O–H groups in total. The molecule has 0 radical (unpaired) electrons. The summed E-state index contributed by atoms with van der Waals surface area (Å²) in [6, 6.07) is 7.74. The molecule has 0 heterocycles. The van der Waals surface area contributed by atoms with Crippen LogP contribution in [0, 0.1) is 0 Å². The number of nitrogen functional groups attached to an aromatic ring is 1. The van der Waals surface area contributed by atoms with Gasteiger partial charge in [0.1, 0.15) is 0 Å². The van der Waals surface area contributed by atoms with E-state index in [4.69, 9.17) is 5.73 Å². The third-order valence-corrected chi connectivity index (χ3v) is 4.31. The second kappa shape index (κ2) is 8.10. The standard InChI is InChI=1S/C15H24N2OS/c1-11(13-4-6-14(16)7-5-13)10-15(18)17-9-8-12(2)19-3/h4-7,11-12H,8-10,16H2,1-3H3,(H,17,18). The summed E-state index contributed by atoms with van der Waals surface area (Å²) >= 11 is 1.83. The average Bonchev–Trinajstić information content (AvgIpc) is 2.39. The lowest BCUT2D eigenvalue weighted by atomic mass is 9.97. The zero-order chi connectivity index (χ0) is 14.3. The molecule has 0 aliphatic rings. The van der Waals surface area contributed by atoms with Crippen LogP contribution in [0.4, 0.5) is 5.69 Å². The van der Waals surface area contributed by atoms with Crippen LogP contribution in [0.2, 0.25) is 0 Å². The SMILES string of the molecule is CSC(C)CCNC(=O)CC(C)c1ccc(N)cc1. The van der Waals surface area contributed by atoms with E-state index >= 15 is 0 Å². The van der Waals surface area contributed by atoms with Crippen LogP contribution in [0.25, 0.3) is 0 Å². The molecule has 106 valence electrons. The van der Waals surface area contributed by atoms with Crippen molar-refractivity contribution in [1.82, 2.24) is 5.32 Å². The lowest BCUT2D eigenvalue weighted by Crippen LogP contribution is -2.27. The summed E-state index contributed by atoms with van der Waals surface area (Å²) in [5, 5.41) is 3.58. The highest BCUT2D eigenvalue weighted by Gasteiger charge is 2.11. The number of anilines is 1. The minimum atomic E-state index is 0.123. The lowest BCUT2D eigenvalue weighted by molar-refractivity contribution is -0.121. The topological polar surface area (TPSA) is 55.1 Å². The Balaban J connectivity index is 2.33. The van der Waals surface area contributed by atoms with Crippen molar-refractivity contribution in [2.45, 2.75) is 37.9 Å². The Bertz CT molecular complexity index is 392. The van der Waals surface area contributed by atoms with Crippen LogP contribution in [0.1, 0.15) is 38.2 Å². The number of amides is 1. The predicted octanol–water partition coefficient (Wildman–Crippen LogP) is 3.02. The Morgan fingerprint density at radius 1 is 1.32 bits per heavy atom. The highest BCUT2D eigenvalue weighted by atomic mass is 32.2. The van der Waals surface area contributed by atoms with E-state index in [1.54, 1.807) is 0 Å². The van der Waals surface area contributed by atoms with Gasteiger partial charge in [-0.2, -0.15) is 11.8 Å². The number of benzene rings is 1. The molecule has 3 nitrogen and oxygen atoms in total. The summed E-state index contributed by atoms with van der Waals surface area (Å²) in [7, 11) is 0. The van der Waals surface area contributed by atoms with E-state index in [0.717, 1.165) is 24.2 Å². The quantitative estimate of drug-likeness (QED) is 0.755. The first-order valence-corrected chi connectivity index (χ1v) is 7.96. The maximum absolute atomic E-state index is 11.8. The van der Waals surface area contributed by atoms with Gasteiger partial charge in [-0.05, 0) is 36.3 Å². The maximum atomic E-state index is 11.8. The Hall–Kier alpha value is -1.16. The number of carbonyl (C=O) groups excluding carboxylic acids is 1. The molecule has 2 unspecified atom stereocenters. The van der Waals surface area contributed by atoms with E-state index in [1.807, 2.05) is 36.0 Å². The normalized spacial score (nSPS) is 13.8. The van der Waals surface area contributed by atoms with Gasteiger partial charge in [-0.1, -0.05) is 26.0 Å². The van der Waals surface area contributed by atoms with Gasteiger partial charge in [0.2, 0.25) is 5.91 Å². The molecule has 1 aromatic carbocycles. The van der Waals surface area contributed by atoms with Gasteiger partial charge in [0.05, 0.1) is 0 Å². The monoisotopic (exact) mass is 280 g/mol. The fourth-order valence-electron chi connectivity index (χ4n) is 1.83. The van der Waals surface area contributed by atoms with Gasteiger partial charge in [-0.15, -0.1) is 0 Å². The molecule has 0 aromatic heterocycles. The second-order valence-electron chi connectivity index (χ2n) is 4.96. The number of nitrogens with one attached hydrogen (secondary N) is 1. The van der Waals surface area contributed by atoms with Crippen LogP contribution in [0.15, 0.2) is 24.3 Å². The fraction of sp³-hybridized carbons (Fsp3) is 0.533. The van der Waals surface area contributed by atoms with Crippen LogP contribution < -0.4 is 11.1 Å². The minimum Gasteiger partial charge on any atom is -0.399 e. The molecular formula is C15H24N2OS. The van der Waals surface area contributed by atoms with Crippen LogP contribution in [-0.4, -0.2) is 24.0 Å². The van der Waals surface area contributed by atoms with Gasteiger partial charge in [0, 0.05) is 23.9 Å². The first kappa shape index (κ1) is 15.9. The fourth-order valence-corrected chi connectivity index (χ4v) is 2.18. The van der Waals surface area contributed by atoms with Gasteiger partial charge >= 0.3 is 0 Å². The molecule has 0 saturated carbocycles. The third kappa shape index (κ3) is 6.01. The van der Waals surface area contributed by atoms with Gasteiger partial charge < -0.3 is 11.1 Å². The van der Waals surface area contributed by atoms with Gasteiger partial charge in [-0.25, -0.2) is 0 Å². The predicted molar refractivity (Wildman–Crippen MR) is 84.5 cm³/mol. The summed E-state index contributed by atoms with van der Waals surface area (Å²) in [6.07, 6.45) is 3.64. The van der Waals surface area contributed by atoms with E-state index < -0.39 is 0 Å². The Morgan fingerprint density at radius 2 is 1.95 bits per heavy atom. The molecule has 0 saturated heterocycles. The molecule has 1 rings (SSSR count). The molecule has 0 spiro atoms. The van der Waals surface area contributed by atoms with E-state index in [-0.39, 0.29) is 11.8 Å². The largest absolute Gasteiger partial charge is 0.399 e. The highest BCUT2D eigenvalue weighted by molar-refractivity contribution is 7.99. The summed E-state index contributed by atoms with van der Waals surface area (Å²) in [6.45, 7) is 5.00. The molecule has 0 aliphatic carbocycles. The maximum Gasteiger partial charge on any atom is 0.220 e. The van der Waals surface area contributed by atoms with Gasteiger partial charge in [-0.3, -0.25) is 4.79 Å². The number of hydrogen-bond acceptors (Lipinski definition) is 3. The van der Waals surface area contributed by atoms with Gasteiger partial charge in [0.15, 0.2) is 0 Å². The van der Waals surface area contributed by atoms with Gasteiger partial charge in [0.25, 0.3) is 0 Å². The average molecular weight is 280 g/mol. The Kier molecular flexibility index (Phi) is 6.78. The molecular weight excluding hydrogens is 256 g/mol. The number of thioether (sulfide) groups is 1. The zero-order valence-electron chi connectivity index (χ0n) is 12.0. The Labute approximate surface area is 120 Å². The number of hydrogen-bond donors (Lipinski definition) is 2. The van der Waals surface area contributed by atoms with E-state index in [1.165, 1.54) is 0 Å². The van der Waals surface area contributed by atoms with Crippen molar-refractivity contribution in [3.05, 3.63) is 29.8 Å². The zero-order valence-corrected chi connectivity index (χ0v) is 12.8. The molecule has 0 fully saturated rings. The first-order chi connectivity index (χ1) is 9.02. The molecule has 2 atom stereocenters. The molecule has 4 heteroatoms. The van der Waals surface area contributed by atoms with Crippen LogP contribution in [-0.2, 0) is 4.79 Å². The van der Waals surface area contributed by atoms with E-state index in [2.05, 4.69) is 25.4 Å². The van der Waals surface area contributed by atoms with Crippen molar-refractivity contribution in [2.75, 3.05) is 18.5 Å². The second-order valence-corrected chi connectivity index (χ2v) is 6.23. The van der Waals surface area contributed by atoms with E-state index in [9.17, 15) is 4.79 Å². The molecule has 1 aromatic rings. The van der Waals surface area contributed by atoms with Crippen LogP contribution in [0.3, 0.4) is 0 Å². The number of rotatable bonds is 7. The summed E-state index contributed by atoms with van der Waals surface area (Å²) in [4.78, 5) is 11.8. The lowest BCUT2D eigenvalue weighted by Gasteiger charge is -2.13. The molecule has 1 amide bonds. The van der Waals surface area contributed by atoms with Crippen molar-refractivity contribution < 1.29 is 4.79 Å². The minimum absolute atomic E-state index is 0.123. The molecule has 0 aliphatic heterocycles. The Morgan fingerprint density at radius 3 is 2.53 bits per heavy atom. The smallest absolute Gasteiger partial charge is 0.220 e. The highest BCUT2D eigenvalue weighted by Crippen LogP contribution is 2.19. The third-order valence-electron chi connectivity index (χ3n) is 3.27. The summed E-state index contributed by atoms with van der Waals surface area (Å²) in [5.74, 6) is 0.344. The van der Waals surface area contributed by atoms with Crippen molar-refractivity contribution in [3.8, 4) is 0 Å². The van der Waals surface area contributed by atoms with Crippen molar-refractivity contribution in [2.24, 2.45) is 0 Å².